The number of hydrogen-bond acceptors (Lipinski definition) is 4. The van der Waals surface area contributed by atoms with E-state index in [4.69, 9.17) is 4.74 Å². The summed E-state index contributed by atoms with van der Waals surface area (Å²) in [7, 11) is 1.62. The van der Waals surface area contributed by atoms with E-state index in [1.165, 1.54) is 0 Å². The van der Waals surface area contributed by atoms with Crippen molar-refractivity contribution in [2.45, 2.75) is 19.4 Å². The first kappa shape index (κ1) is 21.2. The van der Waals surface area contributed by atoms with Crippen molar-refractivity contribution in [3.63, 3.8) is 0 Å². The maximum Gasteiger partial charge on any atom is 0.241 e. The van der Waals surface area contributed by atoms with Gasteiger partial charge in [0.2, 0.25) is 5.91 Å². The third-order valence-corrected chi connectivity index (χ3v) is 4.16. The van der Waals surface area contributed by atoms with Gasteiger partial charge in [-0.05, 0) is 13.3 Å². The lowest BCUT2D eigenvalue weighted by Gasteiger charge is -2.25. The Bertz CT molecular complexity index is 436. The zero-order valence-corrected chi connectivity index (χ0v) is 17.0. The van der Waals surface area contributed by atoms with E-state index in [-0.39, 0.29) is 36.4 Å². The SMILES string of the molecule is CCNC(=NCC(=O)NCCOC)N1CCC(N2CC=CC2)C1.I. The Hall–Kier alpha value is -0.870. The van der Waals surface area contributed by atoms with Crippen molar-refractivity contribution >= 4 is 35.8 Å². The number of halogens is 1. The number of aliphatic imine (C=N–C) groups is 1. The van der Waals surface area contributed by atoms with E-state index in [1.54, 1.807) is 7.11 Å². The summed E-state index contributed by atoms with van der Waals surface area (Å²) >= 11 is 0. The monoisotopic (exact) mass is 451 g/mol. The third-order valence-electron chi connectivity index (χ3n) is 4.16. The van der Waals surface area contributed by atoms with Crippen molar-refractivity contribution in [2.24, 2.45) is 4.99 Å². The van der Waals surface area contributed by atoms with Crippen LogP contribution < -0.4 is 10.6 Å². The normalized spacial score (nSPS) is 21.0. The molecule has 2 aliphatic heterocycles. The molecule has 2 aliphatic rings. The quantitative estimate of drug-likeness (QED) is 0.191. The minimum Gasteiger partial charge on any atom is -0.383 e. The van der Waals surface area contributed by atoms with Gasteiger partial charge in [0.15, 0.2) is 5.96 Å². The van der Waals surface area contributed by atoms with Crippen LogP contribution in [0, 0.1) is 0 Å². The summed E-state index contributed by atoms with van der Waals surface area (Å²) in [6.45, 7) is 8.10. The number of ether oxygens (including phenoxy) is 1. The summed E-state index contributed by atoms with van der Waals surface area (Å²) in [6, 6.07) is 0.574. The summed E-state index contributed by atoms with van der Waals surface area (Å²) in [5.41, 5.74) is 0. The van der Waals surface area contributed by atoms with Gasteiger partial charge < -0.3 is 20.3 Å². The van der Waals surface area contributed by atoms with E-state index in [0.717, 1.165) is 45.1 Å². The molecule has 0 bridgehead atoms. The molecule has 138 valence electrons. The van der Waals surface area contributed by atoms with Crippen LogP contribution >= 0.6 is 24.0 Å². The van der Waals surface area contributed by atoms with Gasteiger partial charge in [0.25, 0.3) is 0 Å². The lowest BCUT2D eigenvalue weighted by molar-refractivity contribution is -0.119. The molecule has 0 aliphatic carbocycles. The van der Waals surface area contributed by atoms with Crippen LogP contribution in [0.4, 0.5) is 0 Å². The highest BCUT2D eigenvalue weighted by Crippen LogP contribution is 2.17. The molecule has 1 unspecified atom stereocenters. The van der Waals surface area contributed by atoms with Crippen LogP contribution in [0.2, 0.25) is 0 Å². The van der Waals surface area contributed by atoms with Crippen LogP contribution in [0.15, 0.2) is 17.1 Å². The molecule has 1 amide bonds. The minimum atomic E-state index is -0.0723. The Kier molecular flexibility index (Phi) is 10.3. The van der Waals surface area contributed by atoms with Gasteiger partial charge in [-0.15, -0.1) is 24.0 Å². The highest BCUT2D eigenvalue weighted by atomic mass is 127. The Morgan fingerprint density at radius 2 is 2.08 bits per heavy atom. The molecule has 0 saturated carbocycles. The third kappa shape index (κ3) is 6.56. The maximum absolute atomic E-state index is 11.8. The number of hydrogen-bond donors (Lipinski definition) is 2. The Morgan fingerprint density at radius 1 is 1.33 bits per heavy atom. The van der Waals surface area contributed by atoms with Gasteiger partial charge in [-0.2, -0.15) is 0 Å². The molecule has 0 spiro atoms. The van der Waals surface area contributed by atoms with Gasteiger partial charge in [0.05, 0.1) is 6.61 Å². The van der Waals surface area contributed by atoms with Gasteiger partial charge in [-0.3, -0.25) is 9.69 Å². The molecule has 2 rings (SSSR count). The Labute approximate surface area is 161 Å². The van der Waals surface area contributed by atoms with E-state index in [1.807, 2.05) is 6.92 Å². The van der Waals surface area contributed by atoms with Crippen molar-refractivity contribution in [2.75, 3.05) is 59.5 Å². The van der Waals surface area contributed by atoms with Crippen LogP contribution in [0.3, 0.4) is 0 Å². The molecular formula is C16H30IN5O2. The first-order valence-corrected chi connectivity index (χ1v) is 8.42. The predicted octanol–water partition coefficient (Wildman–Crippen LogP) is 0.279. The van der Waals surface area contributed by atoms with E-state index >= 15 is 0 Å². The van der Waals surface area contributed by atoms with E-state index in [0.29, 0.717) is 19.2 Å². The van der Waals surface area contributed by atoms with Crippen molar-refractivity contribution in [3.8, 4) is 0 Å². The number of guanidine groups is 1. The van der Waals surface area contributed by atoms with Crippen molar-refractivity contribution in [3.05, 3.63) is 12.2 Å². The van der Waals surface area contributed by atoms with Crippen LogP contribution in [0.25, 0.3) is 0 Å². The first-order valence-electron chi connectivity index (χ1n) is 8.42. The number of carbonyl (C=O) groups excluding carboxylic acids is 1. The Balaban J connectivity index is 0.00000288. The first-order chi connectivity index (χ1) is 11.2. The fraction of sp³-hybridized carbons (Fsp3) is 0.750. The van der Waals surface area contributed by atoms with Crippen molar-refractivity contribution < 1.29 is 9.53 Å². The van der Waals surface area contributed by atoms with Crippen molar-refractivity contribution in [1.29, 1.82) is 0 Å². The summed E-state index contributed by atoms with van der Waals surface area (Å²) < 4.78 is 4.92. The maximum atomic E-state index is 11.8. The number of rotatable bonds is 7. The van der Waals surface area contributed by atoms with E-state index in [2.05, 4.69) is 37.6 Å². The summed E-state index contributed by atoms with van der Waals surface area (Å²) in [5.74, 6) is 0.765. The molecule has 1 atom stereocenters. The largest absolute Gasteiger partial charge is 0.383 e. The molecule has 0 aromatic heterocycles. The number of nitrogens with one attached hydrogen (secondary N) is 2. The molecule has 1 saturated heterocycles. The average Bonchev–Trinajstić information content (AvgIpc) is 3.22. The van der Waals surface area contributed by atoms with Gasteiger partial charge in [-0.25, -0.2) is 4.99 Å². The summed E-state index contributed by atoms with van der Waals surface area (Å²) in [6.07, 6.45) is 5.60. The highest BCUT2D eigenvalue weighted by Gasteiger charge is 2.29. The summed E-state index contributed by atoms with van der Waals surface area (Å²) in [4.78, 5) is 21.0. The van der Waals surface area contributed by atoms with E-state index in [9.17, 15) is 4.79 Å². The number of methoxy groups -OCH3 is 1. The molecule has 8 heteroatoms. The standard InChI is InChI=1S/C16H29N5O2.HI/c1-3-17-16(19-12-15(22)18-7-11-23-2)21-10-6-14(13-21)20-8-4-5-9-20;/h4-5,14H,3,6-13H2,1-2H3,(H,17,19)(H,18,22);1H. The average molecular weight is 451 g/mol. The predicted molar refractivity (Wildman–Crippen MR) is 107 cm³/mol. The number of likely N-dealkylation sites (tertiary alicyclic amines) is 1. The molecule has 0 aromatic rings. The second kappa shape index (κ2) is 11.6. The topological polar surface area (TPSA) is 69.2 Å². The number of nitrogens with zero attached hydrogens (tertiary/aromatic N) is 3. The second-order valence-electron chi connectivity index (χ2n) is 5.83. The zero-order valence-electron chi connectivity index (χ0n) is 14.7. The van der Waals surface area contributed by atoms with Gasteiger partial charge in [-0.1, -0.05) is 12.2 Å². The molecule has 24 heavy (non-hydrogen) atoms. The molecule has 2 heterocycles. The highest BCUT2D eigenvalue weighted by molar-refractivity contribution is 14.0. The zero-order chi connectivity index (χ0) is 16.5. The van der Waals surface area contributed by atoms with Gasteiger partial charge in [0, 0.05) is 52.4 Å². The smallest absolute Gasteiger partial charge is 0.241 e. The molecule has 7 nitrogen and oxygen atoms in total. The molecule has 2 N–H and O–H groups in total. The van der Waals surface area contributed by atoms with Crippen molar-refractivity contribution in [1.82, 2.24) is 20.4 Å². The Morgan fingerprint density at radius 3 is 2.75 bits per heavy atom. The fourth-order valence-corrected chi connectivity index (χ4v) is 2.95. The molecule has 0 radical (unpaired) electrons. The van der Waals surface area contributed by atoms with Gasteiger partial charge in [0.1, 0.15) is 6.54 Å². The minimum absolute atomic E-state index is 0. The van der Waals surface area contributed by atoms with Crippen LogP contribution in [-0.4, -0.2) is 87.2 Å². The molecule has 1 fully saturated rings. The van der Waals surface area contributed by atoms with E-state index < -0.39 is 0 Å². The molecule has 0 aromatic carbocycles. The summed E-state index contributed by atoms with van der Waals surface area (Å²) in [5, 5.41) is 6.09. The lowest BCUT2D eigenvalue weighted by Crippen LogP contribution is -2.43. The van der Waals surface area contributed by atoms with Crippen LogP contribution in [0.1, 0.15) is 13.3 Å². The fourth-order valence-electron chi connectivity index (χ4n) is 2.95. The van der Waals surface area contributed by atoms with Gasteiger partial charge >= 0.3 is 0 Å². The molecular weight excluding hydrogens is 421 g/mol. The van der Waals surface area contributed by atoms with Crippen LogP contribution in [-0.2, 0) is 9.53 Å². The van der Waals surface area contributed by atoms with Crippen LogP contribution in [0.5, 0.6) is 0 Å². The number of carbonyl (C=O) groups is 1. The number of amides is 1. The second-order valence-corrected chi connectivity index (χ2v) is 5.83. The lowest BCUT2D eigenvalue weighted by atomic mass is 10.2.